The SMILES string of the molecule is CC=C(C)CC(C=C(C)C)C1=CC2CCC1C2. The quantitative estimate of drug-likeness (QED) is 0.576. The molecule has 0 heteroatoms. The lowest BCUT2D eigenvalue weighted by Gasteiger charge is -2.22. The number of hydrogen-bond acceptors (Lipinski definition) is 0. The summed E-state index contributed by atoms with van der Waals surface area (Å²) in [7, 11) is 0. The van der Waals surface area contributed by atoms with Crippen molar-refractivity contribution in [1.29, 1.82) is 0 Å². The molecule has 1 saturated carbocycles. The lowest BCUT2D eigenvalue weighted by molar-refractivity contribution is 0.569. The molecule has 0 aromatic rings. The average Bonchev–Trinajstić information content (AvgIpc) is 2.88. The maximum atomic E-state index is 2.60. The van der Waals surface area contributed by atoms with E-state index in [4.69, 9.17) is 0 Å². The van der Waals surface area contributed by atoms with Crippen LogP contribution in [0, 0.1) is 17.8 Å². The third-order valence-corrected chi connectivity index (χ3v) is 4.37. The van der Waals surface area contributed by atoms with Gasteiger partial charge in [-0.15, -0.1) is 0 Å². The fraction of sp³-hybridized carbons (Fsp3) is 0.647. The maximum absolute atomic E-state index is 2.60. The van der Waals surface area contributed by atoms with Crippen molar-refractivity contribution in [2.45, 2.75) is 53.4 Å². The smallest absolute Gasteiger partial charge is 0.00191 e. The number of rotatable bonds is 4. The second-order valence-electron chi connectivity index (χ2n) is 6.13. The summed E-state index contributed by atoms with van der Waals surface area (Å²) in [4.78, 5) is 0. The Balaban J connectivity index is 2.16. The highest BCUT2D eigenvalue weighted by molar-refractivity contribution is 5.28. The van der Waals surface area contributed by atoms with Gasteiger partial charge in [0.05, 0.1) is 0 Å². The zero-order valence-corrected chi connectivity index (χ0v) is 11.8. The van der Waals surface area contributed by atoms with Gasteiger partial charge >= 0.3 is 0 Å². The van der Waals surface area contributed by atoms with Crippen LogP contribution in [0.2, 0.25) is 0 Å². The predicted octanol–water partition coefficient (Wildman–Crippen LogP) is 5.28. The van der Waals surface area contributed by atoms with Crippen molar-refractivity contribution in [3.8, 4) is 0 Å². The first kappa shape index (κ1) is 12.7. The van der Waals surface area contributed by atoms with Crippen molar-refractivity contribution in [3.63, 3.8) is 0 Å². The van der Waals surface area contributed by atoms with Crippen LogP contribution in [-0.2, 0) is 0 Å². The van der Waals surface area contributed by atoms with Crippen LogP contribution in [0.25, 0.3) is 0 Å². The number of hydrogen-bond donors (Lipinski definition) is 0. The summed E-state index contributed by atoms with van der Waals surface area (Å²) in [6, 6.07) is 0. The molecule has 2 aliphatic carbocycles. The number of allylic oxidation sites excluding steroid dienone is 6. The Morgan fingerprint density at radius 1 is 1.35 bits per heavy atom. The van der Waals surface area contributed by atoms with Crippen LogP contribution in [0.4, 0.5) is 0 Å². The van der Waals surface area contributed by atoms with Crippen molar-refractivity contribution in [2.75, 3.05) is 0 Å². The van der Waals surface area contributed by atoms with Crippen LogP contribution in [-0.4, -0.2) is 0 Å². The molecule has 3 unspecified atom stereocenters. The van der Waals surface area contributed by atoms with Gasteiger partial charge in [0, 0.05) is 5.92 Å². The highest BCUT2D eigenvalue weighted by atomic mass is 14.4. The molecular weight excluding hydrogens is 204 g/mol. The van der Waals surface area contributed by atoms with E-state index in [1.165, 1.54) is 36.8 Å². The molecule has 0 saturated heterocycles. The van der Waals surface area contributed by atoms with E-state index in [0.29, 0.717) is 5.92 Å². The molecule has 0 aromatic heterocycles. The van der Waals surface area contributed by atoms with Crippen molar-refractivity contribution in [2.24, 2.45) is 17.8 Å². The minimum absolute atomic E-state index is 0.673. The molecule has 2 rings (SSSR count). The summed E-state index contributed by atoms with van der Waals surface area (Å²) in [6.45, 7) is 8.88. The molecule has 0 spiro atoms. The van der Waals surface area contributed by atoms with E-state index in [-0.39, 0.29) is 0 Å². The maximum Gasteiger partial charge on any atom is 0.00191 e. The number of fused-ring (bicyclic) bond motifs is 2. The lowest BCUT2D eigenvalue weighted by Crippen LogP contribution is -2.09. The normalized spacial score (nSPS) is 29.2. The molecule has 2 bridgehead atoms. The zero-order chi connectivity index (χ0) is 12.4. The van der Waals surface area contributed by atoms with Gasteiger partial charge in [0.25, 0.3) is 0 Å². The van der Waals surface area contributed by atoms with E-state index in [2.05, 4.69) is 45.9 Å². The summed E-state index contributed by atoms with van der Waals surface area (Å²) >= 11 is 0. The molecule has 17 heavy (non-hydrogen) atoms. The van der Waals surface area contributed by atoms with Crippen molar-refractivity contribution >= 4 is 0 Å². The van der Waals surface area contributed by atoms with Gasteiger partial charge in [-0.1, -0.05) is 34.9 Å². The van der Waals surface area contributed by atoms with Crippen LogP contribution in [0.15, 0.2) is 34.9 Å². The Bertz CT molecular complexity index is 363. The predicted molar refractivity (Wildman–Crippen MR) is 75.9 cm³/mol. The van der Waals surface area contributed by atoms with E-state index < -0.39 is 0 Å². The fourth-order valence-electron chi connectivity index (χ4n) is 3.45. The Morgan fingerprint density at radius 2 is 2.12 bits per heavy atom. The molecule has 0 N–H and O–H groups in total. The summed E-state index contributed by atoms with van der Waals surface area (Å²) in [6.07, 6.45) is 12.9. The molecule has 0 aromatic carbocycles. The molecule has 94 valence electrons. The van der Waals surface area contributed by atoms with Gasteiger partial charge in [0.1, 0.15) is 0 Å². The summed E-state index contributed by atoms with van der Waals surface area (Å²) < 4.78 is 0. The topological polar surface area (TPSA) is 0 Å². The Kier molecular flexibility index (Phi) is 3.91. The summed E-state index contributed by atoms with van der Waals surface area (Å²) in [5, 5.41) is 0. The van der Waals surface area contributed by atoms with E-state index in [9.17, 15) is 0 Å². The van der Waals surface area contributed by atoms with Crippen molar-refractivity contribution in [3.05, 3.63) is 34.9 Å². The first-order chi connectivity index (χ1) is 8.10. The Morgan fingerprint density at radius 3 is 2.59 bits per heavy atom. The minimum atomic E-state index is 0.673. The van der Waals surface area contributed by atoms with Crippen LogP contribution in [0.1, 0.15) is 53.4 Å². The third kappa shape index (κ3) is 2.91. The second kappa shape index (κ2) is 5.25. The standard InChI is InChI=1S/C17H26/c1-5-13(4)9-16(8-12(2)3)17-11-14-6-7-15(17)10-14/h5,8,11,14-16H,6-7,9-10H2,1-4H3. The van der Waals surface area contributed by atoms with Crippen molar-refractivity contribution < 1.29 is 0 Å². The zero-order valence-electron chi connectivity index (χ0n) is 11.8. The second-order valence-corrected chi connectivity index (χ2v) is 6.13. The Labute approximate surface area is 106 Å². The average molecular weight is 230 g/mol. The molecular formula is C17H26. The van der Waals surface area contributed by atoms with Gasteiger partial charge in [-0.05, 0) is 65.2 Å². The fourth-order valence-corrected chi connectivity index (χ4v) is 3.45. The lowest BCUT2D eigenvalue weighted by atomic mass is 9.83. The minimum Gasteiger partial charge on any atom is -0.0887 e. The highest BCUT2D eigenvalue weighted by Gasteiger charge is 2.35. The third-order valence-electron chi connectivity index (χ3n) is 4.37. The molecule has 0 heterocycles. The van der Waals surface area contributed by atoms with Gasteiger partial charge in [-0.3, -0.25) is 0 Å². The van der Waals surface area contributed by atoms with Crippen LogP contribution in [0.5, 0.6) is 0 Å². The van der Waals surface area contributed by atoms with Crippen LogP contribution >= 0.6 is 0 Å². The monoisotopic (exact) mass is 230 g/mol. The van der Waals surface area contributed by atoms with E-state index in [1.54, 1.807) is 5.57 Å². The molecule has 2 aliphatic rings. The van der Waals surface area contributed by atoms with Gasteiger partial charge < -0.3 is 0 Å². The molecule has 0 radical (unpaired) electrons. The summed E-state index contributed by atoms with van der Waals surface area (Å²) in [5.74, 6) is 2.49. The molecule has 3 atom stereocenters. The first-order valence-corrected chi connectivity index (χ1v) is 7.08. The van der Waals surface area contributed by atoms with Gasteiger partial charge in [-0.25, -0.2) is 0 Å². The Hall–Kier alpha value is -0.780. The van der Waals surface area contributed by atoms with E-state index in [0.717, 1.165) is 11.8 Å². The highest BCUT2D eigenvalue weighted by Crippen LogP contribution is 2.47. The molecule has 0 nitrogen and oxygen atoms in total. The van der Waals surface area contributed by atoms with Crippen LogP contribution in [0.3, 0.4) is 0 Å². The largest absolute Gasteiger partial charge is 0.0887 e. The molecule has 0 aliphatic heterocycles. The molecule has 0 amide bonds. The van der Waals surface area contributed by atoms with Gasteiger partial charge in [0.2, 0.25) is 0 Å². The van der Waals surface area contributed by atoms with Gasteiger partial charge in [0.15, 0.2) is 0 Å². The molecule has 1 fully saturated rings. The van der Waals surface area contributed by atoms with Gasteiger partial charge in [-0.2, -0.15) is 0 Å². The first-order valence-electron chi connectivity index (χ1n) is 7.08. The summed E-state index contributed by atoms with van der Waals surface area (Å²) in [5.41, 5.74) is 4.74. The van der Waals surface area contributed by atoms with E-state index in [1.807, 2.05) is 0 Å². The van der Waals surface area contributed by atoms with Crippen molar-refractivity contribution in [1.82, 2.24) is 0 Å². The van der Waals surface area contributed by atoms with E-state index >= 15 is 0 Å². The van der Waals surface area contributed by atoms with Crippen LogP contribution < -0.4 is 0 Å².